The Morgan fingerprint density at radius 1 is 1.30 bits per heavy atom. The van der Waals surface area contributed by atoms with E-state index in [2.05, 4.69) is 5.32 Å². The largest absolute Gasteiger partial charge is 0.444 e. The van der Waals surface area contributed by atoms with Gasteiger partial charge >= 0.3 is 12.3 Å². The zero-order valence-electron chi connectivity index (χ0n) is 11.5. The molecular weight excluding hydrogens is 273 g/mol. The van der Waals surface area contributed by atoms with E-state index in [-0.39, 0.29) is 12.2 Å². The van der Waals surface area contributed by atoms with E-state index in [1.54, 1.807) is 20.8 Å². The second-order valence-electron chi connectivity index (χ2n) is 5.27. The molecule has 1 aromatic carbocycles. The molecule has 0 bridgehead atoms. The number of halogens is 3. The van der Waals surface area contributed by atoms with Crippen molar-refractivity contribution < 1.29 is 22.7 Å². The lowest BCUT2D eigenvalue weighted by Crippen LogP contribution is -2.32. The molecule has 0 saturated heterocycles. The molecule has 0 aromatic heterocycles. The van der Waals surface area contributed by atoms with E-state index in [1.165, 1.54) is 12.1 Å². The summed E-state index contributed by atoms with van der Waals surface area (Å²) in [5.74, 6) is 0. The van der Waals surface area contributed by atoms with Crippen molar-refractivity contribution in [2.24, 2.45) is 0 Å². The summed E-state index contributed by atoms with van der Waals surface area (Å²) in [5.41, 5.74) is 3.91. The third kappa shape index (κ3) is 4.99. The standard InChI is InChI=1S/C13H17F3N2O2/c1-12(2,3)20-11(19)18-7-8-4-5-9(10(17)6-8)13(14,15)16/h4-6H,7,17H2,1-3H3,(H,18,19). The van der Waals surface area contributed by atoms with Crippen molar-refractivity contribution in [3.8, 4) is 0 Å². The van der Waals surface area contributed by atoms with Crippen LogP contribution in [0.25, 0.3) is 0 Å². The summed E-state index contributed by atoms with van der Waals surface area (Å²) >= 11 is 0. The maximum atomic E-state index is 12.5. The molecule has 3 N–H and O–H groups in total. The summed E-state index contributed by atoms with van der Waals surface area (Å²) in [7, 11) is 0. The van der Waals surface area contributed by atoms with Gasteiger partial charge in [0, 0.05) is 12.2 Å². The molecule has 1 rings (SSSR count). The maximum absolute atomic E-state index is 12.5. The number of alkyl carbamates (subject to hydrolysis) is 1. The number of nitrogens with two attached hydrogens (primary N) is 1. The second kappa shape index (κ2) is 5.60. The molecule has 0 saturated carbocycles. The Kier molecular flexibility index (Phi) is 4.52. The highest BCUT2D eigenvalue weighted by Crippen LogP contribution is 2.33. The molecule has 1 aromatic rings. The molecule has 0 atom stereocenters. The minimum Gasteiger partial charge on any atom is -0.444 e. The van der Waals surface area contributed by atoms with Crippen molar-refractivity contribution >= 4 is 11.8 Å². The quantitative estimate of drug-likeness (QED) is 0.821. The fourth-order valence-electron chi connectivity index (χ4n) is 1.47. The molecule has 0 aliphatic carbocycles. The van der Waals surface area contributed by atoms with E-state index in [1.807, 2.05) is 0 Å². The number of rotatable bonds is 2. The third-order valence-electron chi connectivity index (χ3n) is 2.26. The van der Waals surface area contributed by atoms with Crippen LogP contribution in [0.5, 0.6) is 0 Å². The number of nitrogens with one attached hydrogen (secondary N) is 1. The smallest absolute Gasteiger partial charge is 0.418 e. The first-order chi connectivity index (χ1) is 8.99. The third-order valence-corrected chi connectivity index (χ3v) is 2.26. The highest BCUT2D eigenvalue weighted by molar-refractivity contribution is 5.67. The molecule has 0 radical (unpaired) electrons. The number of amides is 1. The van der Waals surface area contributed by atoms with E-state index < -0.39 is 23.4 Å². The number of anilines is 1. The van der Waals surface area contributed by atoms with Crippen molar-refractivity contribution in [1.29, 1.82) is 0 Å². The first kappa shape index (κ1) is 16.1. The topological polar surface area (TPSA) is 64.3 Å². The van der Waals surface area contributed by atoms with Gasteiger partial charge in [-0.05, 0) is 38.5 Å². The van der Waals surface area contributed by atoms with Crippen LogP contribution >= 0.6 is 0 Å². The van der Waals surface area contributed by atoms with Gasteiger partial charge in [-0.3, -0.25) is 0 Å². The second-order valence-corrected chi connectivity index (χ2v) is 5.27. The molecule has 1 amide bonds. The number of benzene rings is 1. The summed E-state index contributed by atoms with van der Waals surface area (Å²) < 4.78 is 42.5. The van der Waals surface area contributed by atoms with Gasteiger partial charge in [0.05, 0.1) is 5.56 Å². The fraction of sp³-hybridized carbons (Fsp3) is 0.462. The number of hydrogen-bond donors (Lipinski definition) is 2. The number of alkyl halides is 3. The summed E-state index contributed by atoms with van der Waals surface area (Å²) in [4.78, 5) is 11.4. The van der Waals surface area contributed by atoms with Crippen LogP contribution < -0.4 is 11.1 Å². The monoisotopic (exact) mass is 290 g/mol. The van der Waals surface area contributed by atoms with Crippen LogP contribution in [0.1, 0.15) is 31.9 Å². The van der Waals surface area contributed by atoms with Crippen LogP contribution in [0.4, 0.5) is 23.7 Å². The van der Waals surface area contributed by atoms with Gasteiger partial charge in [-0.1, -0.05) is 6.07 Å². The van der Waals surface area contributed by atoms with Crippen LogP contribution in [0, 0.1) is 0 Å². The van der Waals surface area contributed by atoms with E-state index >= 15 is 0 Å². The number of carbonyl (C=O) groups excluding carboxylic acids is 1. The van der Waals surface area contributed by atoms with Crippen molar-refractivity contribution in [2.75, 3.05) is 5.73 Å². The predicted molar refractivity (Wildman–Crippen MR) is 68.9 cm³/mol. The zero-order chi connectivity index (χ0) is 15.6. The molecule has 4 nitrogen and oxygen atoms in total. The Hall–Kier alpha value is -1.92. The van der Waals surface area contributed by atoms with E-state index in [4.69, 9.17) is 10.5 Å². The zero-order valence-corrected chi connectivity index (χ0v) is 11.5. The van der Waals surface area contributed by atoms with Gasteiger partial charge in [0.25, 0.3) is 0 Å². The van der Waals surface area contributed by atoms with Crippen LogP contribution in [-0.4, -0.2) is 11.7 Å². The Balaban J connectivity index is 2.67. The molecule has 0 aliphatic rings. The van der Waals surface area contributed by atoms with Crippen molar-refractivity contribution in [3.63, 3.8) is 0 Å². The lowest BCUT2D eigenvalue weighted by atomic mass is 10.1. The first-order valence-corrected chi connectivity index (χ1v) is 5.91. The van der Waals surface area contributed by atoms with Gasteiger partial charge in [0.1, 0.15) is 5.60 Å². The van der Waals surface area contributed by atoms with E-state index in [0.29, 0.717) is 5.56 Å². The number of hydrogen-bond acceptors (Lipinski definition) is 3. The molecule has 0 heterocycles. The molecular formula is C13H17F3N2O2. The molecule has 112 valence electrons. The van der Waals surface area contributed by atoms with Gasteiger partial charge in [-0.25, -0.2) is 4.79 Å². The van der Waals surface area contributed by atoms with Crippen molar-refractivity contribution in [3.05, 3.63) is 29.3 Å². The van der Waals surface area contributed by atoms with Crippen LogP contribution in [0.15, 0.2) is 18.2 Å². The van der Waals surface area contributed by atoms with Gasteiger partial charge in [-0.2, -0.15) is 13.2 Å². The molecule has 20 heavy (non-hydrogen) atoms. The van der Waals surface area contributed by atoms with Gasteiger partial charge in [0.2, 0.25) is 0 Å². The molecule has 0 spiro atoms. The van der Waals surface area contributed by atoms with E-state index in [0.717, 1.165) is 6.07 Å². The summed E-state index contributed by atoms with van der Waals surface area (Å²) in [6.45, 7) is 5.17. The Morgan fingerprint density at radius 2 is 1.90 bits per heavy atom. The van der Waals surface area contributed by atoms with Gasteiger partial charge in [0.15, 0.2) is 0 Å². The predicted octanol–water partition coefficient (Wildman–Crippen LogP) is 3.31. The lowest BCUT2D eigenvalue weighted by molar-refractivity contribution is -0.136. The average Bonchev–Trinajstić information content (AvgIpc) is 2.22. The fourth-order valence-corrected chi connectivity index (χ4v) is 1.47. The molecule has 7 heteroatoms. The number of ether oxygens (including phenoxy) is 1. The van der Waals surface area contributed by atoms with Crippen LogP contribution in [0.2, 0.25) is 0 Å². The molecule has 0 unspecified atom stereocenters. The molecule has 0 aliphatic heterocycles. The summed E-state index contributed by atoms with van der Waals surface area (Å²) in [5, 5.41) is 2.44. The Morgan fingerprint density at radius 3 is 2.35 bits per heavy atom. The van der Waals surface area contributed by atoms with Gasteiger partial charge < -0.3 is 15.8 Å². The maximum Gasteiger partial charge on any atom is 0.418 e. The van der Waals surface area contributed by atoms with E-state index in [9.17, 15) is 18.0 Å². The number of nitrogen functional groups attached to an aromatic ring is 1. The first-order valence-electron chi connectivity index (χ1n) is 5.91. The Labute approximate surface area is 115 Å². The number of carbonyl (C=O) groups is 1. The Bertz CT molecular complexity index is 493. The van der Waals surface area contributed by atoms with Gasteiger partial charge in [-0.15, -0.1) is 0 Å². The normalized spacial score (nSPS) is 12.1. The minimum atomic E-state index is -4.48. The van der Waals surface area contributed by atoms with Crippen LogP contribution in [0.3, 0.4) is 0 Å². The lowest BCUT2D eigenvalue weighted by Gasteiger charge is -2.19. The highest BCUT2D eigenvalue weighted by atomic mass is 19.4. The van der Waals surface area contributed by atoms with Crippen molar-refractivity contribution in [2.45, 2.75) is 39.1 Å². The van der Waals surface area contributed by atoms with Crippen molar-refractivity contribution in [1.82, 2.24) is 5.32 Å². The summed E-state index contributed by atoms with van der Waals surface area (Å²) in [6, 6.07) is 3.33. The van der Waals surface area contributed by atoms with Crippen LogP contribution in [-0.2, 0) is 17.5 Å². The highest BCUT2D eigenvalue weighted by Gasteiger charge is 2.32. The SMILES string of the molecule is CC(C)(C)OC(=O)NCc1ccc(C(F)(F)F)c(N)c1. The average molecular weight is 290 g/mol. The summed E-state index contributed by atoms with van der Waals surface area (Å²) in [6.07, 6.45) is -5.13. The molecule has 0 fully saturated rings. The minimum absolute atomic E-state index is 0.0389.